The van der Waals surface area contributed by atoms with Gasteiger partial charge in [-0.05, 0) is 25.1 Å². The monoisotopic (exact) mass is 263 g/mol. The predicted molar refractivity (Wildman–Crippen MR) is 71.0 cm³/mol. The Balaban J connectivity index is 2.60. The summed E-state index contributed by atoms with van der Waals surface area (Å²) in [5, 5.41) is 22.6. The van der Waals surface area contributed by atoms with E-state index in [1.165, 1.54) is 12.1 Å². The molecule has 0 bridgehead atoms. The van der Waals surface area contributed by atoms with Gasteiger partial charge in [-0.1, -0.05) is 6.92 Å². The van der Waals surface area contributed by atoms with Gasteiger partial charge in [-0.2, -0.15) is 5.26 Å². The largest absolute Gasteiger partial charge is 0.493 e. The maximum atomic E-state index is 10.7. The fraction of sp³-hybridized carbons (Fsp3) is 0.462. The molecule has 0 spiro atoms. The Kier molecular flexibility index (Phi) is 5.76. The molecule has 0 saturated heterocycles. The van der Waals surface area contributed by atoms with E-state index in [4.69, 9.17) is 10.00 Å². The van der Waals surface area contributed by atoms with E-state index in [0.29, 0.717) is 25.3 Å². The molecule has 0 aliphatic carbocycles. The van der Waals surface area contributed by atoms with E-state index in [0.717, 1.165) is 5.56 Å². The normalized spacial score (nSPS) is 11.6. The topological polar surface area (TPSA) is 88.2 Å². The molecule has 0 aliphatic rings. The van der Waals surface area contributed by atoms with Gasteiger partial charge in [-0.25, -0.2) is 0 Å². The first-order valence-corrected chi connectivity index (χ1v) is 6.09. The second-order valence-corrected chi connectivity index (χ2v) is 4.08. The Labute approximate surface area is 112 Å². The van der Waals surface area contributed by atoms with Gasteiger partial charge in [0.25, 0.3) is 5.69 Å². The van der Waals surface area contributed by atoms with Crippen molar-refractivity contribution in [2.45, 2.75) is 26.3 Å². The highest BCUT2D eigenvalue weighted by molar-refractivity contribution is 5.43. The van der Waals surface area contributed by atoms with Crippen molar-refractivity contribution in [2.24, 2.45) is 0 Å². The highest BCUT2D eigenvalue weighted by Crippen LogP contribution is 2.24. The molecule has 19 heavy (non-hydrogen) atoms. The number of hydrogen-bond donors (Lipinski definition) is 1. The molecule has 1 unspecified atom stereocenters. The van der Waals surface area contributed by atoms with E-state index >= 15 is 0 Å². The highest BCUT2D eigenvalue weighted by Gasteiger charge is 2.10. The van der Waals surface area contributed by atoms with Gasteiger partial charge in [0.1, 0.15) is 5.75 Å². The van der Waals surface area contributed by atoms with Gasteiger partial charge in [0.2, 0.25) is 0 Å². The zero-order valence-electron chi connectivity index (χ0n) is 11.0. The number of nitriles is 1. The summed E-state index contributed by atoms with van der Waals surface area (Å²) in [4.78, 5) is 10.2. The third kappa shape index (κ3) is 4.56. The van der Waals surface area contributed by atoms with Crippen LogP contribution in [0.2, 0.25) is 0 Å². The first-order chi connectivity index (χ1) is 9.08. The summed E-state index contributed by atoms with van der Waals surface area (Å²) in [6, 6.07) is 6.38. The minimum Gasteiger partial charge on any atom is -0.493 e. The molecule has 1 rings (SSSR count). The van der Waals surface area contributed by atoms with Crippen LogP contribution >= 0.6 is 0 Å². The Morgan fingerprint density at radius 2 is 2.32 bits per heavy atom. The number of hydrogen-bond acceptors (Lipinski definition) is 5. The zero-order valence-corrected chi connectivity index (χ0v) is 11.0. The van der Waals surface area contributed by atoms with Gasteiger partial charge in [-0.3, -0.25) is 10.1 Å². The van der Waals surface area contributed by atoms with Crippen LogP contribution in [0.3, 0.4) is 0 Å². The summed E-state index contributed by atoms with van der Waals surface area (Å²) in [5.41, 5.74) is 0.840. The van der Waals surface area contributed by atoms with Crippen LogP contribution in [0.15, 0.2) is 18.2 Å². The third-order valence-electron chi connectivity index (χ3n) is 2.65. The maximum Gasteiger partial charge on any atom is 0.273 e. The fourth-order valence-corrected chi connectivity index (χ4v) is 1.60. The molecular weight excluding hydrogens is 246 g/mol. The molecule has 0 saturated carbocycles. The van der Waals surface area contributed by atoms with Gasteiger partial charge < -0.3 is 10.1 Å². The number of benzene rings is 1. The number of aryl methyl sites for hydroxylation is 1. The van der Waals surface area contributed by atoms with Gasteiger partial charge in [0.05, 0.1) is 29.7 Å². The van der Waals surface area contributed by atoms with Crippen molar-refractivity contribution in [3.05, 3.63) is 33.9 Å². The molecule has 0 fully saturated rings. The average Bonchev–Trinajstić information content (AvgIpc) is 2.39. The molecule has 0 aromatic heterocycles. The molecule has 1 aromatic carbocycles. The van der Waals surface area contributed by atoms with Crippen LogP contribution < -0.4 is 10.1 Å². The van der Waals surface area contributed by atoms with Crippen molar-refractivity contribution < 1.29 is 9.66 Å². The van der Waals surface area contributed by atoms with Crippen LogP contribution in [0.25, 0.3) is 0 Å². The van der Waals surface area contributed by atoms with Gasteiger partial charge >= 0.3 is 0 Å². The lowest BCUT2D eigenvalue weighted by atomic mass is 10.2. The number of nitrogens with zero attached hydrogens (tertiary/aromatic N) is 2. The van der Waals surface area contributed by atoms with Crippen molar-refractivity contribution >= 4 is 5.69 Å². The second kappa shape index (κ2) is 7.34. The molecule has 1 atom stereocenters. The Bertz CT molecular complexity index is 483. The van der Waals surface area contributed by atoms with E-state index in [2.05, 4.69) is 11.4 Å². The molecule has 6 heteroatoms. The molecule has 6 nitrogen and oxygen atoms in total. The van der Waals surface area contributed by atoms with E-state index in [1.807, 2.05) is 13.8 Å². The number of nitrogens with one attached hydrogen (secondary N) is 1. The van der Waals surface area contributed by atoms with E-state index in [9.17, 15) is 10.1 Å². The number of nitro benzene ring substituents is 1. The quantitative estimate of drug-likeness (QED) is 0.601. The molecule has 102 valence electrons. The SMILES string of the molecule is CCNC(C#N)CCOc1cc([N+](=O)[O-])ccc1C. The molecule has 0 aliphatic heterocycles. The average molecular weight is 263 g/mol. The summed E-state index contributed by atoms with van der Waals surface area (Å²) in [5.74, 6) is 0.488. The molecular formula is C13H17N3O3. The molecule has 0 radical (unpaired) electrons. The molecule has 1 aromatic rings. The minimum atomic E-state index is -0.455. The summed E-state index contributed by atoms with van der Waals surface area (Å²) < 4.78 is 5.51. The minimum absolute atomic E-state index is 0.00381. The number of rotatable bonds is 7. The van der Waals surface area contributed by atoms with Gasteiger partial charge in [0, 0.05) is 12.5 Å². The first-order valence-electron chi connectivity index (χ1n) is 6.09. The summed E-state index contributed by atoms with van der Waals surface area (Å²) in [7, 11) is 0. The van der Waals surface area contributed by atoms with Crippen LogP contribution in [0.1, 0.15) is 18.9 Å². The van der Waals surface area contributed by atoms with Crippen LogP contribution in [-0.4, -0.2) is 24.1 Å². The highest BCUT2D eigenvalue weighted by atomic mass is 16.6. The van der Waals surface area contributed by atoms with Crippen molar-refractivity contribution in [1.82, 2.24) is 5.32 Å². The van der Waals surface area contributed by atoms with Crippen molar-refractivity contribution in [1.29, 1.82) is 5.26 Å². The maximum absolute atomic E-state index is 10.7. The molecule has 0 amide bonds. The number of ether oxygens (including phenoxy) is 1. The smallest absolute Gasteiger partial charge is 0.273 e. The van der Waals surface area contributed by atoms with E-state index in [1.54, 1.807) is 6.07 Å². The van der Waals surface area contributed by atoms with E-state index in [-0.39, 0.29) is 11.7 Å². The fourth-order valence-electron chi connectivity index (χ4n) is 1.60. The second-order valence-electron chi connectivity index (χ2n) is 4.08. The zero-order chi connectivity index (χ0) is 14.3. The Morgan fingerprint density at radius 1 is 1.58 bits per heavy atom. The van der Waals surface area contributed by atoms with Crippen LogP contribution in [-0.2, 0) is 0 Å². The number of non-ortho nitro benzene ring substituents is 1. The first kappa shape index (κ1) is 14.9. The Morgan fingerprint density at radius 3 is 2.89 bits per heavy atom. The van der Waals surface area contributed by atoms with Crippen LogP contribution in [0.4, 0.5) is 5.69 Å². The lowest BCUT2D eigenvalue weighted by Crippen LogP contribution is -2.28. The van der Waals surface area contributed by atoms with Crippen LogP contribution in [0.5, 0.6) is 5.75 Å². The summed E-state index contributed by atoms with van der Waals surface area (Å²) in [6.07, 6.45) is 0.534. The molecule has 1 N–H and O–H groups in total. The van der Waals surface area contributed by atoms with Crippen molar-refractivity contribution in [3.63, 3.8) is 0 Å². The molecule has 0 heterocycles. The van der Waals surface area contributed by atoms with Crippen molar-refractivity contribution in [3.8, 4) is 11.8 Å². The summed E-state index contributed by atoms with van der Waals surface area (Å²) in [6.45, 7) is 4.81. The standard InChI is InChI=1S/C13H17N3O3/c1-3-15-11(9-14)6-7-19-13-8-12(16(17)18)5-4-10(13)2/h4-5,8,11,15H,3,6-7H2,1-2H3. The lowest BCUT2D eigenvalue weighted by molar-refractivity contribution is -0.384. The van der Waals surface area contributed by atoms with Crippen LogP contribution in [0, 0.1) is 28.4 Å². The van der Waals surface area contributed by atoms with Crippen molar-refractivity contribution in [2.75, 3.05) is 13.2 Å². The Hall–Kier alpha value is -2.13. The number of nitro groups is 1. The third-order valence-corrected chi connectivity index (χ3v) is 2.65. The van der Waals surface area contributed by atoms with Gasteiger partial charge in [-0.15, -0.1) is 0 Å². The van der Waals surface area contributed by atoms with E-state index < -0.39 is 4.92 Å². The lowest BCUT2D eigenvalue weighted by Gasteiger charge is -2.12. The predicted octanol–water partition coefficient (Wildman–Crippen LogP) is 2.17. The van der Waals surface area contributed by atoms with Gasteiger partial charge in [0.15, 0.2) is 0 Å². The summed E-state index contributed by atoms with van der Waals surface area (Å²) >= 11 is 0.